The summed E-state index contributed by atoms with van der Waals surface area (Å²) in [4.78, 5) is 10.9. The van der Waals surface area contributed by atoms with Gasteiger partial charge in [-0.15, -0.1) is 0 Å². The summed E-state index contributed by atoms with van der Waals surface area (Å²) in [5.74, 6) is 2.63. The third kappa shape index (κ3) is 1.43. The molecule has 0 N–H and O–H groups in total. The number of ketones is 1. The van der Waals surface area contributed by atoms with Gasteiger partial charge in [-0.05, 0) is 55.4 Å². The van der Waals surface area contributed by atoms with Crippen LogP contribution in [0.3, 0.4) is 0 Å². The van der Waals surface area contributed by atoms with E-state index in [-0.39, 0.29) is 5.78 Å². The number of fused-ring (bicyclic) bond motifs is 2. The van der Waals surface area contributed by atoms with Crippen molar-refractivity contribution in [3.63, 3.8) is 0 Å². The fourth-order valence-electron chi connectivity index (χ4n) is 3.36. The van der Waals surface area contributed by atoms with E-state index in [1.807, 2.05) is 0 Å². The maximum atomic E-state index is 10.9. The Morgan fingerprint density at radius 1 is 1.36 bits per heavy atom. The molecule has 3 aliphatic carbocycles. The predicted molar refractivity (Wildman–Crippen MR) is 57.9 cm³/mol. The van der Waals surface area contributed by atoms with Gasteiger partial charge in [0.2, 0.25) is 0 Å². The van der Waals surface area contributed by atoms with Crippen molar-refractivity contribution < 1.29 is 4.79 Å². The normalized spacial score (nSPS) is 39.5. The summed E-state index contributed by atoms with van der Waals surface area (Å²) in [6, 6.07) is 0. The Bertz CT molecular complexity index is 273. The van der Waals surface area contributed by atoms with Crippen LogP contribution in [0.5, 0.6) is 0 Å². The molecule has 0 spiro atoms. The largest absolute Gasteiger partial charge is 0.295 e. The van der Waals surface area contributed by atoms with Crippen LogP contribution in [0.2, 0.25) is 0 Å². The lowest BCUT2D eigenvalue weighted by atomic mass is 9.45. The molecular weight excluding hydrogens is 172 g/mol. The topological polar surface area (TPSA) is 17.1 Å². The van der Waals surface area contributed by atoms with Crippen LogP contribution < -0.4 is 0 Å². The van der Waals surface area contributed by atoms with E-state index in [9.17, 15) is 4.79 Å². The summed E-state index contributed by atoms with van der Waals surface area (Å²) in [5.41, 5.74) is 0.532. The molecule has 0 radical (unpaired) electrons. The van der Waals surface area contributed by atoms with E-state index in [2.05, 4.69) is 19.9 Å². The zero-order chi connectivity index (χ0) is 10.3. The molecule has 0 aromatic carbocycles. The van der Waals surface area contributed by atoms with Gasteiger partial charge in [0.05, 0.1) is 0 Å². The van der Waals surface area contributed by atoms with Crippen molar-refractivity contribution in [3.05, 3.63) is 12.2 Å². The number of hydrogen-bond acceptors (Lipinski definition) is 1. The first-order chi connectivity index (χ1) is 6.51. The Morgan fingerprint density at radius 3 is 2.57 bits per heavy atom. The molecule has 14 heavy (non-hydrogen) atoms. The number of allylic oxidation sites excluding steroid dienone is 2. The maximum absolute atomic E-state index is 10.9. The van der Waals surface area contributed by atoms with Crippen LogP contribution in [-0.4, -0.2) is 5.78 Å². The molecule has 3 saturated carbocycles. The van der Waals surface area contributed by atoms with Gasteiger partial charge in [0.15, 0.2) is 5.78 Å². The van der Waals surface area contributed by atoms with Gasteiger partial charge in [0.25, 0.3) is 0 Å². The lowest BCUT2D eigenvalue weighted by molar-refractivity contribution is -0.113. The fraction of sp³-hybridized carbons (Fsp3) is 0.769. The second-order valence-electron chi connectivity index (χ2n) is 5.57. The molecule has 0 aromatic heterocycles. The molecule has 3 rings (SSSR count). The van der Waals surface area contributed by atoms with Crippen LogP contribution in [0, 0.1) is 23.2 Å². The van der Waals surface area contributed by atoms with Gasteiger partial charge in [-0.3, -0.25) is 4.79 Å². The Balaban J connectivity index is 2.04. The lowest BCUT2D eigenvalue weighted by Gasteiger charge is -2.59. The number of carbonyl (C=O) groups excluding carboxylic acids is 1. The minimum Gasteiger partial charge on any atom is -0.295 e. The van der Waals surface area contributed by atoms with Gasteiger partial charge >= 0.3 is 0 Å². The van der Waals surface area contributed by atoms with Crippen molar-refractivity contribution in [3.8, 4) is 0 Å². The standard InChI is InChI=1S/C13H20O/c1-9(14)4-5-10-6-7-11-8-12(10)13(11,2)3/h4-5,10-12H,6-8H2,1-3H3/b5-4+. The van der Waals surface area contributed by atoms with E-state index in [1.165, 1.54) is 19.3 Å². The molecule has 78 valence electrons. The van der Waals surface area contributed by atoms with Crippen molar-refractivity contribution in [1.29, 1.82) is 0 Å². The summed E-state index contributed by atoms with van der Waals surface area (Å²) in [7, 11) is 0. The van der Waals surface area contributed by atoms with Gasteiger partial charge in [-0.1, -0.05) is 19.9 Å². The van der Waals surface area contributed by atoms with Crippen LogP contribution in [0.4, 0.5) is 0 Å². The molecule has 0 aromatic rings. The van der Waals surface area contributed by atoms with Crippen LogP contribution in [0.1, 0.15) is 40.0 Å². The monoisotopic (exact) mass is 192 g/mol. The molecular formula is C13H20O. The highest BCUT2D eigenvalue weighted by Gasteiger charge is 2.53. The van der Waals surface area contributed by atoms with Crippen molar-refractivity contribution in [2.24, 2.45) is 23.2 Å². The van der Waals surface area contributed by atoms with E-state index in [4.69, 9.17) is 0 Å². The van der Waals surface area contributed by atoms with Gasteiger partial charge in [-0.2, -0.15) is 0 Å². The van der Waals surface area contributed by atoms with E-state index in [0.29, 0.717) is 11.3 Å². The quantitative estimate of drug-likeness (QED) is 0.614. The van der Waals surface area contributed by atoms with Crippen LogP contribution >= 0.6 is 0 Å². The predicted octanol–water partition coefficient (Wildman–Crippen LogP) is 3.20. The second-order valence-corrected chi connectivity index (χ2v) is 5.57. The summed E-state index contributed by atoms with van der Waals surface area (Å²) < 4.78 is 0. The summed E-state index contributed by atoms with van der Waals surface area (Å²) in [5, 5.41) is 0. The summed E-state index contributed by atoms with van der Waals surface area (Å²) >= 11 is 0. The Morgan fingerprint density at radius 2 is 2.07 bits per heavy atom. The molecule has 0 saturated heterocycles. The minimum absolute atomic E-state index is 0.184. The van der Waals surface area contributed by atoms with Crippen molar-refractivity contribution in [1.82, 2.24) is 0 Å². The first kappa shape index (κ1) is 9.95. The van der Waals surface area contributed by atoms with E-state index < -0.39 is 0 Å². The molecule has 3 unspecified atom stereocenters. The van der Waals surface area contributed by atoms with Gasteiger partial charge < -0.3 is 0 Å². The SMILES string of the molecule is CC(=O)/C=C/C1CCC2CC1C2(C)C. The van der Waals surface area contributed by atoms with Gasteiger partial charge in [0, 0.05) is 0 Å². The number of carbonyl (C=O) groups is 1. The zero-order valence-corrected chi connectivity index (χ0v) is 9.42. The van der Waals surface area contributed by atoms with Gasteiger partial charge in [0.1, 0.15) is 0 Å². The second kappa shape index (κ2) is 3.22. The Kier molecular flexibility index (Phi) is 2.29. The molecule has 3 atom stereocenters. The van der Waals surface area contributed by atoms with Crippen LogP contribution in [0.15, 0.2) is 12.2 Å². The minimum atomic E-state index is 0.184. The van der Waals surface area contributed by atoms with E-state index >= 15 is 0 Å². The van der Waals surface area contributed by atoms with E-state index in [0.717, 1.165) is 11.8 Å². The van der Waals surface area contributed by atoms with Gasteiger partial charge in [-0.25, -0.2) is 0 Å². The average molecular weight is 192 g/mol. The molecule has 1 heteroatoms. The van der Waals surface area contributed by atoms with Crippen molar-refractivity contribution in [2.45, 2.75) is 40.0 Å². The molecule has 2 bridgehead atoms. The molecule has 3 fully saturated rings. The lowest BCUT2D eigenvalue weighted by Crippen LogP contribution is -2.51. The first-order valence-corrected chi connectivity index (χ1v) is 5.70. The van der Waals surface area contributed by atoms with Crippen molar-refractivity contribution >= 4 is 5.78 Å². The van der Waals surface area contributed by atoms with Crippen molar-refractivity contribution in [2.75, 3.05) is 0 Å². The first-order valence-electron chi connectivity index (χ1n) is 5.70. The Labute approximate surface area is 86.6 Å². The number of rotatable bonds is 2. The number of hydrogen-bond donors (Lipinski definition) is 0. The zero-order valence-electron chi connectivity index (χ0n) is 9.42. The smallest absolute Gasteiger partial charge is 0.152 e. The molecule has 0 heterocycles. The third-order valence-electron chi connectivity index (χ3n) is 4.49. The highest BCUT2D eigenvalue weighted by Crippen LogP contribution is 2.61. The summed E-state index contributed by atoms with van der Waals surface area (Å²) in [6.07, 6.45) is 7.96. The average Bonchev–Trinajstić information content (AvgIpc) is 2.14. The molecule has 0 aliphatic heterocycles. The maximum Gasteiger partial charge on any atom is 0.152 e. The van der Waals surface area contributed by atoms with Crippen LogP contribution in [0.25, 0.3) is 0 Å². The molecule has 3 aliphatic rings. The molecule has 0 amide bonds. The Hall–Kier alpha value is -0.590. The van der Waals surface area contributed by atoms with E-state index in [1.54, 1.807) is 13.0 Å². The highest BCUT2D eigenvalue weighted by molar-refractivity contribution is 5.87. The third-order valence-corrected chi connectivity index (χ3v) is 4.49. The molecule has 1 nitrogen and oxygen atoms in total. The fourth-order valence-corrected chi connectivity index (χ4v) is 3.36. The van der Waals surface area contributed by atoms with Crippen LogP contribution in [-0.2, 0) is 4.79 Å². The summed E-state index contributed by atoms with van der Waals surface area (Å²) in [6.45, 7) is 6.41. The highest BCUT2D eigenvalue weighted by atomic mass is 16.1.